The monoisotopic (exact) mass is 211 g/mol. The van der Waals surface area contributed by atoms with E-state index in [2.05, 4.69) is 6.92 Å². The predicted molar refractivity (Wildman–Crippen MR) is 63.7 cm³/mol. The molecule has 2 N–H and O–H groups in total. The molecule has 0 aromatic rings. The third kappa shape index (κ3) is 4.78. The number of carbonyl (C=O) groups excluding carboxylic acids is 1. The van der Waals surface area contributed by atoms with E-state index in [1.807, 2.05) is 0 Å². The van der Waals surface area contributed by atoms with Crippen LogP contribution in [0.1, 0.15) is 58.3 Å². The van der Waals surface area contributed by atoms with E-state index in [0.29, 0.717) is 11.7 Å². The number of carbonyl (C=O) groups is 1. The Kier molecular flexibility index (Phi) is 5.92. The predicted octanol–water partition coefficient (Wildman–Crippen LogP) is 2.90. The lowest BCUT2D eigenvalue weighted by molar-refractivity contribution is -0.120. The summed E-state index contributed by atoms with van der Waals surface area (Å²) in [5, 5.41) is 0. The summed E-state index contributed by atoms with van der Waals surface area (Å²) >= 11 is 0. The molecule has 0 aliphatic heterocycles. The van der Waals surface area contributed by atoms with E-state index < -0.39 is 0 Å². The Balaban J connectivity index is 2.08. The molecule has 0 radical (unpaired) electrons. The van der Waals surface area contributed by atoms with Gasteiger partial charge in [0.1, 0.15) is 5.78 Å². The smallest absolute Gasteiger partial charge is 0.133 e. The van der Waals surface area contributed by atoms with E-state index in [0.717, 1.165) is 44.6 Å². The lowest BCUT2D eigenvalue weighted by Crippen LogP contribution is -2.17. The molecule has 2 nitrogen and oxygen atoms in total. The van der Waals surface area contributed by atoms with Crippen molar-refractivity contribution < 1.29 is 4.79 Å². The van der Waals surface area contributed by atoms with Crippen LogP contribution in [0.15, 0.2) is 0 Å². The van der Waals surface area contributed by atoms with Crippen molar-refractivity contribution in [1.29, 1.82) is 0 Å². The van der Waals surface area contributed by atoms with E-state index >= 15 is 0 Å². The quantitative estimate of drug-likeness (QED) is 0.671. The van der Waals surface area contributed by atoms with E-state index in [4.69, 9.17) is 5.73 Å². The fraction of sp³-hybridized carbons (Fsp3) is 0.923. The van der Waals surface area contributed by atoms with Gasteiger partial charge in [0, 0.05) is 12.8 Å². The Bertz CT molecular complexity index is 187. The molecule has 0 aromatic heterocycles. The molecule has 0 heterocycles. The lowest BCUT2D eigenvalue weighted by atomic mass is 9.81. The standard InChI is InChI=1S/C13H25NO/c1-2-11(8-9-14)6-7-13(15)10-12-4-3-5-12/h11-12H,2-10,14H2,1H3. The highest BCUT2D eigenvalue weighted by Crippen LogP contribution is 2.30. The summed E-state index contributed by atoms with van der Waals surface area (Å²) in [5.74, 6) is 1.88. The Morgan fingerprint density at radius 2 is 2.13 bits per heavy atom. The molecule has 0 aromatic carbocycles. The zero-order chi connectivity index (χ0) is 11.1. The van der Waals surface area contributed by atoms with Gasteiger partial charge < -0.3 is 5.73 Å². The zero-order valence-electron chi connectivity index (χ0n) is 10.0. The van der Waals surface area contributed by atoms with Gasteiger partial charge in [-0.05, 0) is 31.2 Å². The van der Waals surface area contributed by atoms with E-state index in [1.54, 1.807) is 0 Å². The van der Waals surface area contributed by atoms with Crippen molar-refractivity contribution in [2.24, 2.45) is 17.6 Å². The number of hydrogen-bond acceptors (Lipinski definition) is 2. The molecule has 0 bridgehead atoms. The summed E-state index contributed by atoms with van der Waals surface area (Å²) in [6.07, 6.45) is 8.83. The molecule has 1 fully saturated rings. The molecule has 1 unspecified atom stereocenters. The van der Waals surface area contributed by atoms with Crippen LogP contribution in [0.3, 0.4) is 0 Å². The maximum atomic E-state index is 11.6. The third-order valence-corrected chi connectivity index (χ3v) is 3.72. The summed E-state index contributed by atoms with van der Waals surface area (Å²) in [7, 11) is 0. The second-order valence-electron chi connectivity index (χ2n) is 4.93. The molecule has 1 rings (SSSR count). The molecule has 0 saturated heterocycles. The summed E-state index contributed by atoms with van der Waals surface area (Å²) in [5.41, 5.74) is 5.54. The first kappa shape index (κ1) is 12.7. The Labute approximate surface area is 93.6 Å². The van der Waals surface area contributed by atoms with Crippen LogP contribution >= 0.6 is 0 Å². The summed E-state index contributed by atoms with van der Waals surface area (Å²) in [4.78, 5) is 11.6. The molecule has 1 saturated carbocycles. The fourth-order valence-electron chi connectivity index (χ4n) is 2.27. The Morgan fingerprint density at radius 1 is 1.40 bits per heavy atom. The van der Waals surface area contributed by atoms with Gasteiger partial charge in [0.25, 0.3) is 0 Å². The average Bonchev–Trinajstić information content (AvgIpc) is 2.18. The molecule has 0 amide bonds. The summed E-state index contributed by atoms with van der Waals surface area (Å²) < 4.78 is 0. The third-order valence-electron chi connectivity index (χ3n) is 3.72. The first-order valence-corrected chi connectivity index (χ1v) is 6.48. The molecule has 1 aliphatic carbocycles. The number of nitrogens with two attached hydrogens (primary N) is 1. The summed E-state index contributed by atoms with van der Waals surface area (Å²) in [6.45, 7) is 2.95. The molecule has 1 aliphatic rings. The topological polar surface area (TPSA) is 43.1 Å². The van der Waals surface area contributed by atoms with Crippen LogP contribution in [0.25, 0.3) is 0 Å². The number of rotatable bonds is 8. The van der Waals surface area contributed by atoms with Crippen LogP contribution in [-0.2, 0) is 4.79 Å². The van der Waals surface area contributed by atoms with E-state index in [-0.39, 0.29) is 0 Å². The van der Waals surface area contributed by atoms with Crippen LogP contribution in [-0.4, -0.2) is 12.3 Å². The second-order valence-corrected chi connectivity index (χ2v) is 4.93. The highest BCUT2D eigenvalue weighted by atomic mass is 16.1. The molecular weight excluding hydrogens is 186 g/mol. The molecule has 2 heteroatoms. The van der Waals surface area contributed by atoms with Crippen LogP contribution in [0.2, 0.25) is 0 Å². The van der Waals surface area contributed by atoms with Gasteiger partial charge in [-0.2, -0.15) is 0 Å². The van der Waals surface area contributed by atoms with Crippen LogP contribution in [0.5, 0.6) is 0 Å². The maximum absolute atomic E-state index is 11.6. The van der Waals surface area contributed by atoms with E-state index in [1.165, 1.54) is 19.3 Å². The normalized spacial score (nSPS) is 18.5. The minimum Gasteiger partial charge on any atom is -0.330 e. The van der Waals surface area contributed by atoms with Gasteiger partial charge >= 0.3 is 0 Å². The van der Waals surface area contributed by atoms with Gasteiger partial charge in [0.15, 0.2) is 0 Å². The van der Waals surface area contributed by atoms with Crippen molar-refractivity contribution in [2.75, 3.05) is 6.54 Å². The fourth-order valence-corrected chi connectivity index (χ4v) is 2.27. The largest absolute Gasteiger partial charge is 0.330 e. The number of ketones is 1. The highest BCUT2D eigenvalue weighted by molar-refractivity contribution is 5.78. The van der Waals surface area contributed by atoms with Crippen LogP contribution in [0.4, 0.5) is 0 Å². The van der Waals surface area contributed by atoms with Crippen molar-refractivity contribution in [3.05, 3.63) is 0 Å². The maximum Gasteiger partial charge on any atom is 0.133 e. The molecule has 1 atom stereocenters. The molecule has 88 valence electrons. The Hall–Kier alpha value is -0.370. The molecular formula is C13H25NO. The second kappa shape index (κ2) is 7.00. The summed E-state index contributed by atoms with van der Waals surface area (Å²) in [6, 6.07) is 0. The number of hydrogen-bond donors (Lipinski definition) is 1. The van der Waals surface area contributed by atoms with Gasteiger partial charge in [-0.25, -0.2) is 0 Å². The average molecular weight is 211 g/mol. The van der Waals surface area contributed by atoms with Gasteiger partial charge in [0.2, 0.25) is 0 Å². The Morgan fingerprint density at radius 3 is 2.60 bits per heavy atom. The lowest BCUT2D eigenvalue weighted by Gasteiger charge is -2.24. The first-order chi connectivity index (χ1) is 7.26. The SMILES string of the molecule is CCC(CCN)CCC(=O)CC1CCC1. The van der Waals surface area contributed by atoms with Gasteiger partial charge in [-0.15, -0.1) is 0 Å². The highest BCUT2D eigenvalue weighted by Gasteiger charge is 2.20. The van der Waals surface area contributed by atoms with Crippen molar-refractivity contribution in [1.82, 2.24) is 0 Å². The van der Waals surface area contributed by atoms with Crippen LogP contribution < -0.4 is 5.73 Å². The van der Waals surface area contributed by atoms with Crippen molar-refractivity contribution in [3.8, 4) is 0 Å². The van der Waals surface area contributed by atoms with E-state index in [9.17, 15) is 4.79 Å². The van der Waals surface area contributed by atoms with Gasteiger partial charge in [-0.1, -0.05) is 32.6 Å². The van der Waals surface area contributed by atoms with Crippen molar-refractivity contribution in [2.45, 2.75) is 58.3 Å². The molecule has 15 heavy (non-hydrogen) atoms. The van der Waals surface area contributed by atoms with Gasteiger partial charge in [0.05, 0.1) is 0 Å². The van der Waals surface area contributed by atoms with Crippen molar-refractivity contribution in [3.63, 3.8) is 0 Å². The zero-order valence-corrected chi connectivity index (χ0v) is 10.0. The molecule has 0 spiro atoms. The van der Waals surface area contributed by atoms with Crippen molar-refractivity contribution >= 4 is 5.78 Å². The minimum atomic E-state index is 0.482. The number of Topliss-reactive ketones (excluding diaryl/α,β-unsaturated/α-hetero) is 1. The minimum absolute atomic E-state index is 0.482. The van der Waals surface area contributed by atoms with Crippen LogP contribution in [0, 0.1) is 11.8 Å². The first-order valence-electron chi connectivity index (χ1n) is 6.48. The van der Waals surface area contributed by atoms with Gasteiger partial charge in [-0.3, -0.25) is 4.79 Å².